The van der Waals surface area contributed by atoms with E-state index in [2.05, 4.69) is 121 Å². The Morgan fingerprint density at radius 2 is 0.894 bits per heavy atom. The lowest BCUT2D eigenvalue weighted by molar-refractivity contribution is 0.673. The molecular formula is C43H25N3O. The molecule has 8 aromatic carbocycles. The summed E-state index contributed by atoms with van der Waals surface area (Å²) < 4.78 is 6.62. The Hall–Kier alpha value is -6.39. The molecule has 47 heavy (non-hydrogen) atoms. The Kier molecular flexibility index (Phi) is 5.54. The maximum absolute atomic E-state index is 6.62. The van der Waals surface area contributed by atoms with Crippen molar-refractivity contribution in [2.75, 3.05) is 0 Å². The van der Waals surface area contributed by atoms with Crippen LogP contribution in [0.5, 0.6) is 0 Å². The summed E-state index contributed by atoms with van der Waals surface area (Å²) in [7, 11) is 0. The molecule has 10 rings (SSSR count). The van der Waals surface area contributed by atoms with Gasteiger partial charge in [0.2, 0.25) is 0 Å². The van der Waals surface area contributed by atoms with Gasteiger partial charge in [-0.05, 0) is 62.0 Å². The summed E-state index contributed by atoms with van der Waals surface area (Å²) in [6, 6.07) is 52.8. The first-order chi connectivity index (χ1) is 23.3. The fourth-order valence-corrected chi connectivity index (χ4v) is 6.97. The number of hydrogen-bond donors (Lipinski definition) is 0. The summed E-state index contributed by atoms with van der Waals surface area (Å²) in [5.41, 5.74) is 4.65. The SMILES string of the molecule is c1ccc(-c2nc(-c3ccc4ccccc4c3)nc(-c3ccc4c(ccc5ccc6c(oc7ccc8ccccc8c76)c54)c3)n2)cc1. The molecule has 0 unspecified atom stereocenters. The van der Waals surface area contributed by atoms with E-state index < -0.39 is 0 Å². The van der Waals surface area contributed by atoms with Crippen molar-refractivity contribution in [3.63, 3.8) is 0 Å². The maximum Gasteiger partial charge on any atom is 0.164 e. The number of aromatic nitrogens is 3. The zero-order valence-electron chi connectivity index (χ0n) is 25.2. The highest BCUT2D eigenvalue weighted by Gasteiger charge is 2.17. The van der Waals surface area contributed by atoms with Gasteiger partial charge < -0.3 is 4.42 Å². The quantitative estimate of drug-likeness (QED) is 0.190. The predicted molar refractivity (Wildman–Crippen MR) is 193 cm³/mol. The van der Waals surface area contributed by atoms with Crippen LogP contribution in [0.1, 0.15) is 0 Å². The van der Waals surface area contributed by atoms with Gasteiger partial charge in [-0.2, -0.15) is 0 Å². The molecule has 218 valence electrons. The lowest BCUT2D eigenvalue weighted by Crippen LogP contribution is -2.00. The molecule has 0 atom stereocenters. The van der Waals surface area contributed by atoms with Gasteiger partial charge in [0.05, 0.1) is 0 Å². The molecule has 0 fully saturated rings. The second-order valence-corrected chi connectivity index (χ2v) is 12.0. The summed E-state index contributed by atoms with van der Waals surface area (Å²) in [4.78, 5) is 15.0. The summed E-state index contributed by atoms with van der Waals surface area (Å²) in [6.45, 7) is 0. The van der Waals surface area contributed by atoms with Crippen LogP contribution in [0.25, 0.3) is 99.2 Å². The van der Waals surface area contributed by atoms with Gasteiger partial charge in [0.25, 0.3) is 0 Å². The van der Waals surface area contributed by atoms with Crippen LogP contribution < -0.4 is 0 Å². The van der Waals surface area contributed by atoms with E-state index in [0.29, 0.717) is 17.5 Å². The van der Waals surface area contributed by atoms with Crippen molar-refractivity contribution < 1.29 is 4.42 Å². The first kappa shape index (κ1) is 25.9. The smallest absolute Gasteiger partial charge is 0.164 e. The Balaban J connectivity index is 1.18. The predicted octanol–water partition coefficient (Wildman–Crippen LogP) is 11.4. The van der Waals surface area contributed by atoms with E-state index in [1.54, 1.807) is 0 Å². The molecule has 0 bridgehead atoms. The second-order valence-electron chi connectivity index (χ2n) is 12.0. The Morgan fingerprint density at radius 1 is 0.340 bits per heavy atom. The molecule has 4 heteroatoms. The van der Waals surface area contributed by atoms with Crippen LogP contribution in [-0.2, 0) is 0 Å². The second kappa shape index (κ2) is 10.1. The summed E-state index contributed by atoms with van der Waals surface area (Å²) in [6.07, 6.45) is 0. The van der Waals surface area contributed by atoms with Crippen molar-refractivity contribution in [1.29, 1.82) is 0 Å². The Bertz CT molecular complexity index is 2850. The molecule has 0 aliphatic heterocycles. The van der Waals surface area contributed by atoms with Crippen LogP contribution in [0.2, 0.25) is 0 Å². The van der Waals surface area contributed by atoms with Gasteiger partial charge in [-0.25, -0.2) is 15.0 Å². The molecule has 10 aromatic rings. The molecule has 0 saturated carbocycles. The largest absolute Gasteiger partial charge is 0.455 e. The fourth-order valence-electron chi connectivity index (χ4n) is 6.97. The molecule has 0 N–H and O–H groups in total. The van der Waals surface area contributed by atoms with E-state index in [4.69, 9.17) is 19.4 Å². The van der Waals surface area contributed by atoms with Crippen LogP contribution in [0.4, 0.5) is 0 Å². The zero-order chi connectivity index (χ0) is 30.9. The molecule has 0 aliphatic carbocycles. The zero-order valence-corrected chi connectivity index (χ0v) is 25.2. The maximum atomic E-state index is 6.62. The van der Waals surface area contributed by atoms with E-state index in [1.165, 1.54) is 16.2 Å². The van der Waals surface area contributed by atoms with Gasteiger partial charge >= 0.3 is 0 Å². The molecule has 0 amide bonds. The molecule has 4 nitrogen and oxygen atoms in total. The van der Waals surface area contributed by atoms with Gasteiger partial charge in [-0.15, -0.1) is 0 Å². The molecule has 0 saturated heterocycles. The lowest BCUT2D eigenvalue weighted by atomic mass is 9.97. The number of rotatable bonds is 3. The van der Waals surface area contributed by atoms with Crippen molar-refractivity contribution in [2.45, 2.75) is 0 Å². The van der Waals surface area contributed by atoms with Gasteiger partial charge in [-0.3, -0.25) is 0 Å². The van der Waals surface area contributed by atoms with Gasteiger partial charge in [0, 0.05) is 32.8 Å². The highest BCUT2D eigenvalue weighted by atomic mass is 16.3. The Morgan fingerprint density at radius 3 is 1.72 bits per heavy atom. The normalized spacial score (nSPS) is 11.8. The number of benzene rings is 8. The van der Waals surface area contributed by atoms with E-state index in [-0.39, 0.29) is 0 Å². The lowest BCUT2D eigenvalue weighted by Gasteiger charge is -2.10. The molecule has 2 heterocycles. The monoisotopic (exact) mass is 599 g/mol. The minimum atomic E-state index is 0.637. The first-order valence-electron chi connectivity index (χ1n) is 15.8. The highest BCUT2D eigenvalue weighted by Crippen LogP contribution is 2.41. The minimum absolute atomic E-state index is 0.637. The van der Waals surface area contributed by atoms with Crippen LogP contribution in [0.3, 0.4) is 0 Å². The molecule has 0 aliphatic rings. The summed E-state index contributed by atoms with van der Waals surface area (Å²) >= 11 is 0. The number of nitrogens with zero attached hydrogens (tertiary/aromatic N) is 3. The van der Waals surface area contributed by atoms with Crippen LogP contribution in [0, 0.1) is 0 Å². The molecule has 0 radical (unpaired) electrons. The van der Waals surface area contributed by atoms with Crippen molar-refractivity contribution in [3.8, 4) is 34.2 Å². The number of hydrogen-bond acceptors (Lipinski definition) is 4. The van der Waals surface area contributed by atoms with E-state index in [9.17, 15) is 0 Å². The van der Waals surface area contributed by atoms with Crippen molar-refractivity contribution in [2.24, 2.45) is 0 Å². The van der Waals surface area contributed by atoms with Crippen LogP contribution in [0.15, 0.2) is 156 Å². The van der Waals surface area contributed by atoms with Crippen molar-refractivity contribution in [3.05, 3.63) is 152 Å². The first-order valence-corrected chi connectivity index (χ1v) is 15.8. The van der Waals surface area contributed by atoms with Gasteiger partial charge in [0.15, 0.2) is 17.5 Å². The van der Waals surface area contributed by atoms with E-state index in [0.717, 1.165) is 65.6 Å². The van der Waals surface area contributed by atoms with Crippen LogP contribution >= 0.6 is 0 Å². The summed E-state index contributed by atoms with van der Waals surface area (Å²) in [5, 5.41) is 11.5. The number of fused-ring (bicyclic) bond motifs is 10. The van der Waals surface area contributed by atoms with Crippen molar-refractivity contribution in [1.82, 2.24) is 15.0 Å². The average Bonchev–Trinajstić information content (AvgIpc) is 3.54. The van der Waals surface area contributed by atoms with Crippen molar-refractivity contribution >= 4 is 65.0 Å². The molecular weight excluding hydrogens is 574 g/mol. The Labute approximate surface area is 269 Å². The summed E-state index contributed by atoms with van der Waals surface area (Å²) in [5.74, 6) is 1.93. The van der Waals surface area contributed by atoms with E-state index in [1.807, 2.05) is 30.3 Å². The standard InChI is InChI=1S/C43H25N3O/c1-2-10-29(11-3-1)41-44-42(32-17-14-26-8-4-5-12-30(26)24-32)46-43(45-41)33-19-21-35-31(25-33)16-15-28-18-22-36-39-34-13-7-6-9-27(34)20-23-37(39)47-40(36)38(28)35/h1-25H. The average molecular weight is 600 g/mol. The third-order valence-corrected chi connectivity index (χ3v) is 9.26. The van der Waals surface area contributed by atoms with Gasteiger partial charge in [0.1, 0.15) is 11.2 Å². The van der Waals surface area contributed by atoms with E-state index >= 15 is 0 Å². The van der Waals surface area contributed by atoms with Crippen LogP contribution in [-0.4, -0.2) is 15.0 Å². The molecule has 2 aromatic heterocycles. The highest BCUT2D eigenvalue weighted by molar-refractivity contribution is 6.27. The third kappa shape index (κ3) is 4.12. The third-order valence-electron chi connectivity index (χ3n) is 9.26. The number of furan rings is 1. The topological polar surface area (TPSA) is 51.8 Å². The molecule has 0 spiro atoms. The fraction of sp³-hybridized carbons (Fsp3) is 0. The van der Waals surface area contributed by atoms with Gasteiger partial charge in [-0.1, -0.05) is 127 Å². The minimum Gasteiger partial charge on any atom is -0.455 e.